The zero-order chi connectivity index (χ0) is 15.3. The van der Waals surface area contributed by atoms with E-state index in [2.05, 4.69) is 11.9 Å². The van der Waals surface area contributed by atoms with Crippen LogP contribution in [0.25, 0.3) is 0 Å². The first kappa shape index (κ1) is 15.0. The monoisotopic (exact) mass is 337 g/mol. The van der Waals surface area contributed by atoms with E-state index in [9.17, 15) is 4.79 Å². The normalized spacial score (nSPS) is 35.8. The van der Waals surface area contributed by atoms with Crippen molar-refractivity contribution in [1.82, 2.24) is 4.90 Å². The lowest BCUT2D eigenvalue weighted by Crippen LogP contribution is -2.56. The van der Waals surface area contributed by atoms with Gasteiger partial charge in [-0.15, -0.1) is 11.3 Å². The van der Waals surface area contributed by atoms with E-state index in [0.717, 1.165) is 34.4 Å². The van der Waals surface area contributed by atoms with Gasteiger partial charge < -0.3 is 4.90 Å². The number of carbonyl (C=O) groups is 1. The van der Waals surface area contributed by atoms with E-state index in [1.165, 1.54) is 37.0 Å². The van der Waals surface area contributed by atoms with Crippen LogP contribution >= 0.6 is 22.9 Å². The molecule has 0 spiro atoms. The summed E-state index contributed by atoms with van der Waals surface area (Å²) >= 11 is 7.56. The molecule has 0 aliphatic heterocycles. The lowest BCUT2D eigenvalue weighted by Gasteiger charge is -2.56. The predicted molar refractivity (Wildman–Crippen MR) is 91.3 cm³/mol. The molecule has 0 atom stereocenters. The maximum Gasteiger partial charge on any atom is 0.222 e. The minimum Gasteiger partial charge on any atom is -0.342 e. The summed E-state index contributed by atoms with van der Waals surface area (Å²) in [6.07, 6.45) is 8.40. The highest BCUT2D eigenvalue weighted by Gasteiger charge is 2.50. The molecule has 4 aliphatic carbocycles. The minimum absolute atomic E-state index is 0.321. The van der Waals surface area contributed by atoms with Gasteiger partial charge in [-0.25, -0.2) is 0 Å². The molecule has 0 unspecified atom stereocenters. The number of hydrogen-bond acceptors (Lipinski definition) is 2. The van der Waals surface area contributed by atoms with Crippen LogP contribution in [0.3, 0.4) is 0 Å². The molecule has 4 bridgehead atoms. The highest BCUT2D eigenvalue weighted by molar-refractivity contribution is 7.16. The SMILES string of the molecule is CN(C(=O)CCc1ccc(Cl)s1)C1C2CC3CC(C2)CC1C3. The molecule has 4 saturated carbocycles. The first-order valence-electron chi connectivity index (χ1n) is 8.60. The Balaban J connectivity index is 1.38. The largest absolute Gasteiger partial charge is 0.342 e. The van der Waals surface area contributed by atoms with Gasteiger partial charge in [-0.3, -0.25) is 4.79 Å². The molecule has 1 heterocycles. The number of amides is 1. The Labute approximate surface area is 141 Å². The standard InChI is InChI=1S/C18H24ClNOS/c1-20(17(21)5-3-15-2-4-16(19)22-15)18-13-7-11-6-12(9-13)10-14(18)8-11/h2,4,11-14,18H,3,5-10H2,1H3. The van der Waals surface area contributed by atoms with Crippen LogP contribution in [0.2, 0.25) is 4.34 Å². The molecule has 4 aliphatic rings. The molecule has 1 aromatic rings. The molecule has 0 saturated heterocycles. The number of nitrogens with zero attached hydrogens (tertiary/aromatic N) is 1. The van der Waals surface area contributed by atoms with Crippen molar-refractivity contribution in [2.24, 2.45) is 23.7 Å². The second-order valence-electron chi connectivity index (χ2n) is 7.63. The number of rotatable bonds is 4. The van der Waals surface area contributed by atoms with Gasteiger partial charge in [0.2, 0.25) is 5.91 Å². The van der Waals surface area contributed by atoms with E-state index in [1.54, 1.807) is 11.3 Å². The molecule has 2 nitrogen and oxygen atoms in total. The smallest absolute Gasteiger partial charge is 0.222 e. The van der Waals surface area contributed by atoms with E-state index < -0.39 is 0 Å². The summed E-state index contributed by atoms with van der Waals surface area (Å²) in [4.78, 5) is 16.0. The Bertz CT molecular complexity index is 541. The zero-order valence-corrected chi connectivity index (χ0v) is 14.7. The van der Waals surface area contributed by atoms with Crippen molar-refractivity contribution in [1.29, 1.82) is 0 Å². The Morgan fingerprint density at radius 1 is 1.18 bits per heavy atom. The second-order valence-corrected chi connectivity index (χ2v) is 9.43. The Morgan fingerprint density at radius 3 is 2.36 bits per heavy atom. The fraction of sp³-hybridized carbons (Fsp3) is 0.722. The molecule has 0 radical (unpaired) electrons. The molecule has 4 heteroatoms. The van der Waals surface area contributed by atoms with Gasteiger partial charge in [0.1, 0.15) is 0 Å². The van der Waals surface area contributed by atoms with Crippen LogP contribution in [-0.2, 0) is 11.2 Å². The molecular weight excluding hydrogens is 314 g/mol. The van der Waals surface area contributed by atoms with Gasteiger partial charge in [-0.2, -0.15) is 0 Å². The van der Waals surface area contributed by atoms with Gasteiger partial charge in [-0.05, 0) is 74.3 Å². The van der Waals surface area contributed by atoms with Crippen LogP contribution in [0.5, 0.6) is 0 Å². The van der Waals surface area contributed by atoms with Crippen molar-refractivity contribution in [2.45, 2.75) is 51.0 Å². The Hall–Kier alpha value is -0.540. The van der Waals surface area contributed by atoms with Crippen molar-refractivity contribution in [2.75, 3.05) is 7.05 Å². The molecule has 5 rings (SSSR count). The van der Waals surface area contributed by atoms with Crippen LogP contribution in [0.4, 0.5) is 0 Å². The molecule has 1 aromatic heterocycles. The van der Waals surface area contributed by atoms with Crippen LogP contribution in [0.15, 0.2) is 12.1 Å². The summed E-state index contributed by atoms with van der Waals surface area (Å²) in [7, 11) is 2.05. The first-order chi connectivity index (χ1) is 10.6. The summed E-state index contributed by atoms with van der Waals surface area (Å²) < 4.78 is 0.817. The highest BCUT2D eigenvalue weighted by Crippen LogP contribution is 2.55. The molecule has 22 heavy (non-hydrogen) atoms. The van der Waals surface area contributed by atoms with Crippen molar-refractivity contribution in [3.05, 3.63) is 21.3 Å². The van der Waals surface area contributed by atoms with Crippen molar-refractivity contribution < 1.29 is 4.79 Å². The van der Waals surface area contributed by atoms with Gasteiger partial charge in [0, 0.05) is 24.4 Å². The Kier molecular flexibility index (Phi) is 3.98. The lowest BCUT2D eigenvalue weighted by atomic mass is 9.54. The molecular formula is C18H24ClNOS. The van der Waals surface area contributed by atoms with Gasteiger partial charge in [-0.1, -0.05) is 11.6 Å². The third-order valence-electron chi connectivity index (χ3n) is 6.23. The van der Waals surface area contributed by atoms with Gasteiger partial charge in [0.05, 0.1) is 4.34 Å². The van der Waals surface area contributed by atoms with Crippen LogP contribution in [0.1, 0.15) is 43.4 Å². The number of halogens is 1. The number of hydrogen-bond donors (Lipinski definition) is 0. The maximum absolute atomic E-state index is 12.6. The molecule has 0 N–H and O–H groups in total. The first-order valence-corrected chi connectivity index (χ1v) is 9.79. The highest BCUT2D eigenvalue weighted by atomic mass is 35.5. The van der Waals surface area contributed by atoms with E-state index >= 15 is 0 Å². The zero-order valence-electron chi connectivity index (χ0n) is 13.1. The van der Waals surface area contributed by atoms with Gasteiger partial charge in [0.25, 0.3) is 0 Å². The Morgan fingerprint density at radius 2 is 1.82 bits per heavy atom. The fourth-order valence-electron chi connectivity index (χ4n) is 5.59. The quantitative estimate of drug-likeness (QED) is 0.785. The fourth-order valence-corrected chi connectivity index (χ4v) is 6.67. The van der Waals surface area contributed by atoms with Crippen molar-refractivity contribution in [3.63, 3.8) is 0 Å². The van der Waals surface area contributed by atoms with Gasteiger partial charge >= 0.3 is 0 Å². The van der Waals surface area contributed by atoms with Crippen LogP contribution in [-0.4, -0.2) is 23.9 Å². The summed E-state index contributed by atoms with van der Waals surface area (Å²) in [6, 6.07) is 4.49. The predicted octanol–water partition coefficient (Wildman–Crippen LogP) is 4.62. The number of carbonyl (C=O) groups excluding carboxylic acids is 1. The van der Waals surface area contributed by atoms with E-state index in [4.69, 9.17) is 11.6 Å². The summed E-state index contributed by atoms with van der Waals surface area (Å²) in [5, 5.41) is 0. The summed E-state index contributed by atoms with van der Waals surface area (Å²) in [5.41, 5.74) is 0. The lowest BCUT2D eigenvalue weighted by molar-refractivity contribution is -0.141. The summed E-state index contributed by atoms with van der Waals surface area (Å²) in [6.45, 7) is 0. The third-order valence-corrected chi connectivity index (χ3v) is 7.52. The van der Waals surface area contributed by atoms with Crippen LogP contribution in [0, 0.1) is 23.7 Å². The minimum atomic E-state index is 0.321. The maximum atomic E-state index is 12.6. The van der Waals surface area contributed by atoms with E-state index in [0.29, 0.717) is 18.4 Å². The topological polar surface area (TPSA) is 20.3 Å². The van der Waals surface area contributed by atoms with Crippen molar-refractivity contribution >= 4 is 28.8 Å². The van der Waals surface area contributed by atoms with Crippen molar-refractivity contribution in [3.8, 4) is 0 Å². The van der Waals surface area contributed by atoms with Crippen LogP contribution < -0.4 is 0 Å². The molecule has 4 fully saturated rings. The second kappa shape index (κ2) is 5.83. The van der Waals surface area contributed by atoms with E-state index in [1.807, 2.05) is 12.1 Å². The molecule has 0 aromatic carbocycles. The van der Waals surface area contributed by atoms with E-state index in [-0.39, 0.29) is 0 Å². The average Bonchev–Trinajstić information content (AvgIpc) is 2.89. The molecule has 120 valence electrons. The van der Waals surface area contributed by atoms with Gasteiger partial charge in [0.15, 0.2) is 0 Å². The number of aryl methyl sites for hydroxylation is 1. The molecule has 1 amide bonds. The average molecular weight is 338 g/mol. The summed E-state index contributed by atoms with van der Waals surface area (Å²) in [5.74, 6) is 3.82. The third kappa shape index (κ3) is 2.71. The number of thiophene rings is 1.